The molecule has 0 unspecified atom stereocenters. The normalized spacial score (nSPS) is 20.4. The van der Waals surface area contributed by atoms with Crippen LogP contribution in [0.5, 0.6) is 0 Å². The summed E-state index contributed by atoms with van der Waals surface area (Å²) < 4.78 is 5.62. The topological polar surface area (TPSA) is 53.1 Å². The zero-order valence-corrected chi connectivity index (χ0v) is 18.9. The van der Waals surface area contributed by atoms with Gasteiger partial charge in [-0.05, 0) is 42.7 Å². The molecule has 168 valence electrons. The minimum Gasteiger partial charge on any atom is -0.381 e. The van der Waals surface area contributed by atoms with Crippen LogP contribution < -0.4 is 4.90 Å². The quantitative estimate of drug-likeness (QED) is 0.710. The Morgan fingerprint density at radius 2 is 1.75 bits per heavy atom. The summed E-state index contributed by atoms with van der Waals surface area (Å²) in [6, 6.07) is 15.6. The van der Waals surface area contributed by atoms with E-state index in [2.05, 4.69) is 11.0 Å². The number of hydrogen-bond acceptors (Lipinski definition) is 4. The Labute approximate surface area is 193 Å². The fourth-order valence-electron chi connectivity index (χ4n) is 5.21. The molecular formula is C25H28ClN3O3. The molecule has 6 nitrogen and oxygen atoms in total. The van der Waals surface area contributed by atoms with Gasteiger partial charge in [0, 0.05) is 62.2 Å². The zero-order chi connectivity index (χ0) is 22.1. The van der Waals surface area contributed by atoms with Crippen LogP contribution in [0.2, 0.25) is 5.02 Å². The summed E-state index contributed by atoms with van der Waals surface area (Å²) in [5.74, 6) is 0.169. The number of amides is 2. The van der Waals surface area contributed by atoms with Crippen LogP contribution in [0.4, 0.5) is 5.69 Å². The first-order valence-electron chi connectivity index (χ1n) is 11.3. The molecule has 32 heavy (non-hydrogen) atoms. The molecule has 0 aromatic heterocycles. The van der Waals surface area contributed by atoms with Gasteiger partial charge in [0.25, 0.3) is 5.91 Å². The van der Waals surface area contributed by atoms with E-state index in [0.717, 1.165) is 34.9 Å². The molecule has 7 heteroatoms. The first-order valence-corrected chi connectivity index (χ1v) is 11.7. The highest BCUT2D eigenvalue weighted by Gasteiger charge is 2.46. The third-order valence-corrected chi connectivity index (χ3v) is 7.34. The Morgan fingerprint density at radius 1 is 1.00 bits per heavy atom. The van der Waals surface area contributed by atoms with Gasteiger partial charge < -0.3 is 19.4 Å². The molecule has 3 aliphatic rings. The van der Waals surface area contributed by atoms with Crippen molar-refractivity contribution in [1.29, 1.82) is 0 Å². The molecule has 2 aromatic carbocycles. The summed E-state index contributed by atoms with van der Waals surface area (Å²) in [6.07, 6.45) is 1.75. The van der Waals surface area contributed by atoms with Crippen LogP contribution in [0.3, 0.4) is 0 Å². The minimum absolute atomic E-state index is 0.0427. The van der Waals surface area contributed by atoms with Gasteiger partial charge in [0.1, 0.15) is 0 Å². The van der Waals surface area contributed by atoms with Crippen molar-refractivity contribution in [2.24, 2.45) is 0 Å². The van der Waals surface area contributed by atoms with E-state index in [-0.39, 0.29) is 11.8 Å². The molecule has 0 bridgehead atoms. The van der Waals surface area contributed by atoms with Crippen LogP contribution in [0.1, 0.15) is 35.2 Å². The molecule has 0 N–H and O–H groups in total. The Bertz CT molecular complexity index is 1010. The molecule has 0 spiro atoms. The monoisotopic (exact) mass is 453 g/mol. The second kappa shape index (κ2) is 8.75. The highest BCUT2D eigenvalue weighted by Crippen LogP contribution is 2.38. The lowest BCUT2D eigenvalue weighted by Crippen LogP contribution is -2.56. The number of piperazine rings is 1. The van der Waals surface area contributed by atoms with Gasteiger partial charge in [-0.3, -0.25) is 9.59 Å². The predicted octanol–water partition coefficient (Wildman–Crippen LogP) is 3.58. The van der Waals surface area contributed by atoms with Gasteiger partial charge in [-0.2, -0.15) is 0 Å². The number of halogens is 1. The summed E-state index contributed by atoms with van der Waals surface area (Å²) in [4.78, 5) is 32.8. The first kappa shape index (κ1) is 21.3. The van der Waals surface area contributed by atoms with E-state index in [9.17, 15) is 9.59 Å². The lowest BCUT2D eigenvalue weighted by Gasteiger charge is -2.45. The molecule has 0 aliphatic carbocycles. The Balaban J connectivity index is 1.28. The van der Waals surface area contributed by atoms with Crippen LogP contribution in [0.15, 0.2) is 48.5 Å². The van der Waals surface area contributed by atoms with Crippen molar-refractivity contribution in [3.63, 3.8) is 0 Å². The predicted molar refractivity (Wildman–Crippen MR) is 124 cm³/mol. The highest BCUT2D eigenvalue weighted by atomic mass is 35.5. The van der Waals surface area contributed by atoms with Crippen molar-refractivity contribution in [3.05, 3.63) is 64.7 Å². The van der Waals surface area contributed by atoms with E-state index >= 15 is 0 Å². The lowest BCUT2D eigenvalue weighted by atomic mass is 9.84. The molecule has 2 fully saturated rings. The average molecular weight is 454 g/mol. The molecule has 2 aromatic rings. The summed E-state index contributed by atoms with van der Waals surface area (Å²) in [7, 11) is 0. The number of anilines is 1. The number of nitrogens with zero attached hydrogens (tertiary/aromatic N) is 3. The molecule has 2 saturated heterocycles. The lowest BCUT2D eigenvalue weighted by molar-refractivity contribution is -0.136. The largest absolute Gasteiger partial charge is 0.381 e. The summed E-state index contributed by atoms with van der Waals surface area (Å²) in [5.41, 5.74) is 2.42. The van der Waals surface area contributed by atoms with Gasteiger partial charge in [0.05, 0.1) is 12.0 Å². The highest BCUT2D eigenvalue weighted by molar-refractivity contribution is 6.30. The van der Waals surface area contributed by atoms with Gasteiger partial charge in [-0.1, -0.05) is 35.9 Å². The van der Waals surface area contributed by atoms with Crippen molar-refractivity contribution >= 4 is 29.1 Å². The number of ether oxygens (including phenoxy) is 1. The van der Waals surface area contributed by atoms with Crippen molar-refractivity contribution < 1.29 is 14.3 Å². The van der Waals surface area contributed by atoms with Crippen molar-refractivity contribution in [2.75, 3.05) is 44.3 Å². The van der Waals surface area contributed by atoms with E-state index in [4.69, 9.17) is 16.3 Å². The summed E-state index contributed by atoms with van der Waals surface area (Å²) in [5, 5.41) is 0.721. The van der Waals surface area contributed by atoms with Crippen molar-refractivity contribution in [3.8, 4) is 0 Å². The fraction of sp³-hybridized carbons (Fsp3) is 0.440. The molecule has 3 aliphatic heterocycles. The first-order chi connectivity index (χ1) is 15.6. The van der Waals surface area contributed by atoms with Crippen molar-refractivity contribution in [2.45, 2.75) is 31.3 Å². The molecular weight excluding hydrogens is 426 g/mol. The number of rotatable bonds is 4. The second-order valence-corrected chi connectivity index (χ2v) is 9.35. The molecule has 0 atom stereocenters. The van der Waals surface area contributed by atoms with E-state index in [0.29, 0.717) is 52.1 Å². The van der Waals surface area contributed by atoms with Crippen molar-refractivity contribution in [1.82, 2.24) is 9.80 Å². The number of fused-ring (bicyclic) bond motifs is 1. The van der Waals surface area contributed by atoms with Gasteiger partial charge in [-0.25, -0.2) is 0 Å². The number of benzene rings is 2. The Hall–Kier alpha value is -2.57. The van der Waals surface area contributed by atoms with E-state index in [1.807, 2.05) is 52.3 Å². The maximum Gasteiger partial charge on any atom is 0.254 e. The van der Waals surface area contributed by atoms with E-state index < -0.39 is 5.54 Å². The maximum atomic E-state index is 13.4. The van der Waals surface area contributed by atoms with E-state index in [1.165, 1.54) is 0 Å². The number of hydrogen-bond donors (Lipinski definition) is 0. The summed E-state index contributed by atoms with van der Waals surface area (Å²) >= 11 is 6.14. The number of carbonyl (C=O) groups is 2. The molecule has 0 saturated carbocycles. The minimum atomic E-state index is -0.477. The third-order valence-electron chi connectivity index (χ3n) is 7.10. The van der Waals surface area contributed by atoms with Crippen LogP contribution in [-0.2, 0) is 16.1 Å². The third kappa shape index (κ3) is 3.97. The van der Waals surface area contributed by atoms with Crippen LogP contribution in [0, 0.1) is 0 Å². The van der Waals surface area contributed by atoms with Crippen LogP contribution in [0.25, 0.3) is 0 Å². The smallest absolute Gasteiger partial charge is 0.254 e. The standard InChI is InChI=1S/C25H28ClN3O3/c26-20-5-3-6-21(16-20)27-10-12-28(13-11-27)23(30)17-25(8-14-32-15-9-25)29-18-19-4-1-2-7-22(19)24(29)31/h1-7,16H,8-15,17-18H2. The second-order valence-electron chi connectivity index (χ2n) is 8.91. The van der Waals surface area contributed by atoms with E-state index in [1.54, 1.807) is 0 Å². The number of carbonyl (C=O) groups excluding carboxylic acids is 2. The van der Waals surface area contributed by atoms with Crippen LogP contribution in [-0.4, -0.2) is 66.5 Å². The van der Waals surface area contributed by atoms with Gasteiger partial charge in [0.15, 0.2) is 0 Å². The van der Waals surface area contributed by atoms with Gasteiger partial charge >= 0.3 is 0 Å². The molecule has 0 radical (unpaired) electrons. The SMILES string of the molecule is O=C(CC1(N2Cc3ccccc3C2=O)CCOCC1)N1CCN(c2cccc(Cl)c2)CC1. The molecule has 2 amide bonds. The zero-order valence-electron chi connectivity index (χ0n) is 18.1. The van der Waals surface area contributed by atoms with Gasteiger partial charge in [0.2, 0.25) is 5.91 Å². The summed E-state index contributed by atoms with van der Waals surface area (Å²) in [6.45, 7) is 4.63. The molecule has 5 rings (SSSR count). The maximum absolute atomic E-state index is 13.4. The Kier molecular flexibility index (Phi) is 5.82. The van der Waals surface area contributed by atoms with Crippen LogP contribution >= 0.6 is 11.6 Å². The fourth-order valence-corrected chi connectivity index (χ4v) is 5.40. The molecule has 3 heterocycles. The average Bonchev–Trinajstić information content (AvgIpc) is 3.17. The van der Waals surface area contributed by atoms with Gasteiger partial charge in [-0.15, -0.1) is 0 Å². The Morgan fingerprint density at radius 3 is 2.47 bits per heavy atom.